The van der Waals surface area contributed by atoms with Crippen LogP contribution in [0.15, 0.2) is 29.2 Å². The molecule has 4 aromatic heterocycles. The van der Waals surface area contributed by atoms with Crippen LogP contribution in [0.1, 0.15) is 58.2 Å². The lowest BCUT2D eigenvalue weighted by atomic mass is 10.0. The van der Waals surface area contributed by atoms with Gasteiger partial charge >= 0.3 is 11.8 Å². The first-order chi connectivity index (χ1) is 19.1. The second kappa shape index (κ2) is 8.80. The molecule has 6 rings (SSSR count). The van der Waals surface area contributed by atoms with E-state index < -0.39 is 41.0 Å². The molecule has 8 N–H and O–H groups in total. The quantitative estimate of drug-likeness (QED) is 0.144. The Morgan fingerprint density at radius 1 is 1.15 bits per heavy atom. The highest BCUT2D eigenvalue weighted by Crippen LogP contribution is 2.51. The van der Waals surface area contributed by atoms with Crippen molar-refractivity contribution in [1.29, 1.82) is 0 Å². The van der Waals surface area contributed by atoms with Gasteiger partial charge in [-0.05, 0) is 57.6 Å². The Kier molecular flexibility index (Phi) is 5.86. The number of hydrogen-bond donors (Lipinski definition) is 7. The van der Waals surface area contributed by atoms with E-state index in [1.165, 1.54) is 21.5 Å². The molecule has 2 fully saturated rings. The van der Waals surface area contributed by atoms with Crippen LogP contribution in [0.4, 0.5) is 11.6 Å². The van der Waals surface area contributed by atoms with Crippen molar-refractivity contribution in [2.45, 2.75) is 75.8 Å². The second-order valence-electron chi connectivity index (χ2n) is 11.7. The molecule has 2 aliphatic carbocycles. The normalized spacial score (nSPS) is 24.8. The Morgan fingerprint density at radius 3 is 2.41 bits per heavy atom. The van der Waals surface area contributed by atoms with Gasteiger partial charge < -0.3 is 36.6 Å². The van der Waals surface area contributed by atoms with Crippen LogP contribution in [0, 0.1) is 5.92 Å². The fourth-order valence-corrected chi connectivity index (χ4v) is 6.07. The molecule has 4 heterocycles. The summed E-state index contributed by atoms with van der Waals surface area (Å²) in [4.78, 5) is 34.6. The number of imidazole rings is 1. The van der Waals surface area contributed by atoms with Gasteiger partial charge in [0.2, 0.25) is 5.91 Å². The number of nitrogens with zero attached hydrogens (tertiary/aromatic N) is 6. The number of nitrogens with two attached hydrogens (primary N) is 1. The lowest BCUT2D eigenvalue weighted by Gasteiger charge is -2.16. The van der Waals surface area contributed by atoms with Crippen LogP contribution in [-0.4, -0.2) is 66.4 Å². The van der Waals surface area contributed by atoms with Crippen LogP contribution in [0.5, 0.6) is 0 Å². The molecule has 218 valence electrons. The minimum Gasteiger partial charge on any atom is -0.393 e. The van der Waals surface area contributed by atoms with Gasteiger partial charge in [-0.15, -0.1) is 0 Å². The number of aromatic nitrogens is 6. The highest BCUT2D eigenvalue weighted by atomic mass is 16.7. The minimum absolute atomic E-state index is 0.0307. The number of carbonyl (C=O) groups excluding carboxylic acids is 1. The number of anilines is 2. The highest BCUT2D eigenvalue weighted by molar-refractivity contribution is 5.90. The summed E-state index contributed by atoms with van der Waals surface area (Å²) in [7, 11) is 0. The molecule has 15 nitrogen and oxygen atoms in total. The first-order valence-corrected chi connectivity index (χ1v) is 13.3. The number of hydrogen-bond acceptors (Lipinski definition) is 11. The van der Waals surface area contributed by atoms with E-state index in [2.05, 4.69) is 20.4 Å². The lowest BCUT2D eigenvalue weighted by Crippen LogP contribution is -2.41. The molecule has 0 spiro atoms. The molecule has 2 aliphatic rings. The number of primary amides is 1. The Bertz CT molecular complexity index is 1760. The Balaban J connectivity index is 1.46. The fourth-order valence-electron chi connectivity index (χ4n) is 6.07. The van der Waals surface area contributed by atoms with Crippen molar-refractivity contribution in [1.82, 2.24) is 28.9 Å². The van der Waals surface area contributed by atoms with E-state index in [1.54, 1.807) is 26.0 Å². The maximum absolute atomic E-state index is 13.2. The van der Waals surface area contributed by atoms with Crippen LogP contribution in [0.3, 0.4) is 0 Å². The first-order valence-electron chi connectivity index (χ1n) is 13.3. The van der Waals surface area contributed by atoms with E-state index in [4.69, 9.17) is 5.73 Å². The number of fused-ring (bicyclic) bond motifs is 2. The van der Waals surface area contributed by atoms with E-state index in [0.29, 0.717) is 46.4 Å². The number of rotatable bonds is 7. The van der Waals surface area contributed by atoms with Crippen molar-refractivity contribution < 1.29 is 30.3 Å². The van der Waals surface area contributed by atoms with Gasteiger partial charge in [-0.1, -0.05) is 6.92 Å². The number of aliphatic hydroxyl groups excluding tert-OH is 1. The Morgan fingerprint density at radius 2 is 1.85 bits per heavy atom. The molecular weight excluding hydrogens is 536 g/mol. The maximum atomic E-state index is 13.2. The van der Waals surface area contributed by atoms with Gasteiger partial charge in [0.25, 0.3) is 0 Å². The SMILES string of the molecule is CC1CC1(C(N)=O)n1nc(C(C)(C)O)c2ccc(Nc3cc4c(cn3)n(C(O)(O)O)c(=O)n4C3CCC(O)C3)nc21. The number of amides is 1. The summed E-state index contributed by atoms with van der Waals surface area (Å²) >= 11 is 0. The van der Waals surface area contributed by atoms with Gasteiger partial charge in [0.1, 0.15) is 28.5 Å². The monoisotopic (exact) mass is 568 g/mol. The standard InChI is InChI=1S/C26H32N8O7/c1-12-10-25(12,22(27)36)34-21-15(20(31-34)24(2,3)38)6-7-18(30-21)29-19-9-16-17(11-28-19)33(26(39,40)41)23(37)32(16)13-4-5-14(35)8-13/h6-7,9,11-14,35,38-41H,4-5,8,10H2,1-3H3,(H2,27,36)(H,28,29,30). The van der Waals surface area contributed by atoms with Gasteiger partial charge in [0, 0.05) is 17.5 Å². The minimum atomic E-state index is -3.46. The van der Waals surface area contributed by atoms with Gasteiger partial charge in [0.05, 0.1) is 23.3 Å². The van der Waals surface area contributed by atoms with Crippen LogP contribution in [0.25, 0.3) is 22.1 Å². The summed E-state index contributed by atoms with van der Waals surface area (Å²) in [6.07, 6.45) is -1.15. The topological polar surface area (TPSA) is 227 Å². The van der Waals surface area contributed by atoms with Gasteiger partial charge in [-0.2, -0.15) is 5.10 Å². The van der Waals surface area contributed by atoms with E-state index in [1.807, 2.05) is 6.92 Å². The largest absolute Gasteiger partial charge is 0.393 e. The molecule has 4 atom stereocenters. The van der Waals surface area contributed by atoms with Gasteiger partial charge in [0.15, 0.2) is 5.65 Å². The summed E-state index contributed by atoms with van der Waals surface area (Å²) in [5.74, 6) is -0.0689. The average Bonchev–Trinajstić information content (AvgIpc) is 3.15. The molecule has 4 aromatic rings. The van der Waals surface area contributed by atoms with Crippen molar-refractivity contribution in [2.75, 3.05) is 5.32 Å². The van der Waals surface area contributed by atoms with Crippen molar-refractivity contribution in [3.8, 4) is 0 Å². The zero-order valence-corrected chi connectivity index (χ0v) is 22.7. The molecule has 1 amide bonds. The molecule has 0 radical (unpaired) electrons. The number of aliphatic hydroxyl groups is 5. The molecular formula is C26H32N8O7. The third-order valence-corrected chi connectivity index (χ3v) is 8.25. The first kappa shape index (κ1) is 27.3. The number of carbonyl (C=O) groups is 1. The molecule has 0 saturated heterocycles. The third-order valence-electron chi connectivity index (χ3n) is 8.25. The predicted molar refractivity (Wildman–Crippen MR) is 145 cm³/mol. The summed E-state index contributed by atoms with van der Waals surface area (Å²) in [6, 6.07) is 4.43. The van der Waals surface area contributed by atoms with Crippen LogP contribution in [-0.2, 0) is 22.0 Å². The van der Waals surface area contributed by atoms with E-state index in [9.17, 15) is 35.1 Å². The summed E-state index contributed by atoms with van der Waals surface area (Å²) in [5, 5.41) is 58.7. The summed E-state index contributed by atoms with van der Waals surface area (Å²) in [6.45, 7) is 5.07. The zero-order valence-electron chi connectivity index (χ0n) is 22.7. The van der Waals surface area contributed by atoms with Crippen LogP contribution >= 0.6 is 0 Å². The van der Waals surface area contributed by atoms with E-state index >= 15 is 0 Å². The smallest absolute Gasteiger partial charge is 0.377 e. The van der Waals surface area contributed by atoms with Crippen molar-refractivity contribution in [2.24, 2.45) is 11.7 Å². The summed E-state index contributed by atoms with van der Waals surface area (Å²) in [5.41, 5.74) is 3.42. The average molecular weight is 569 g/mol. The highest BCUT2D eigenvalue weighted by Gasteiger charge is 2.60. The fraction of sp³-hybridized carbons (Fsp3) is 0.500. The number of pyridine rings is 2. The second-order valence-corrected chi connectivity index (χ2v) is 11.7. The van der Waals surface area contributed by atoms with Crippen LogP contribution in [0.2, 0.25) is 0 Å². The molecule has 2 saturated carbocycles. The third kappa shape index (κ3) is 4.19. The van der Waals surface area contributed by atoms with E-state index in [0.717, 1.165) is 0 Å². The molecule has 4 unspecified atom stereocenters. The van der Waals surface area contributed by atoms with Crippen molar-refractivity contribution in [3.05, 3.63) is 40.6 Å². The molecule has 0 aliphatic heterocycles. The number of nitrogens with one attached hydrogen (secondary N) is 1. The van der Waals surface area contributed by atoms with Crippen molar-refractivity contribution in [3.63, 3.8) is 0 Å². The molecule has 0 aromatic carbocycles. The van der Waals surface area contributed by atoms with E-state index in [-0.39, 0.29) is 29.2 Å². The predicted octanol–water partition coefficient (Wildman–Crippen LogP) is -0.235. The molecule has 0 bridgehead atoms. The summed E-state index contributed by atoms with van der Waals surface area (Å²) < 4.78 is 3.21. The van der Waals surface area contributed by atoms with Crippen LogP contribution < -0.4 is 16.7 Å². The Hall–Kier alpha value is -3.89. The van der Waals surface area contributed by atoms with Crippen molar-refractivity contribution >= 4 is 39.6 Å². The molecule has 41 heavy (non-hydrogen) atoms. The zero-order chi connectivity index (χ0) is 29.6. The van der Waals surface area contributed by atoms with Gasteiger partial charge in [-0.25, -0.2) is 24.0 Å². The Labute approximate surface area is 232 Å². The van der Waals surface area contributed by atoms with Gasteiger partial charge in [-0.3, -0.25) is 9.36 Å². The maximum Gasteiger partial charge on any atom is 0.377 e. The lowest BCUT2D eigenvalue weighted by molar-refractivity contribution is -0.374. The molecule has 15 heteroatoms.